The average Bonchev–Trinajstić information content (AvgIpc) is 2.47. The predicted molar refractivity (Wildman–Crippen MR) is 83.1 cm³/mol. The quantitative estimate of drug-likeness (QED) is 0.599. The van der Waals surface area contributed by atoms with Crippen LogP contribution >= 0.6 is 0 Å². The molecule has 130 valence electrons. The maximum atomic E-state index is 12.0. The largest absolute Gasteiger partial charge is 0.463 e. The molecule has 23 heavy (non-hydrogen) atoms. The second-order valence-corrected chi connectivity index (χ2v) is 7.41. The van der Waals surface area contributed by atoms with E-state index in [2.05, 4.69) is 10.6 Å². The number of piperazine rings is 1. The minimum absolute atomic E-state index is 0.128. The Morgan fingerprint density at radius 2 is 1.91 bits per heavy atom. The third-order valence-corrected chi connectivity index (χ3v) is 5.06. The molecule has 0 bridgehead atoms. The highest BCUT2D eigenvalue weighted by atomic mass is 32.2. The molecule has 0 aromatic carbocycles. The molecule has 0 saturated carbocycles. The fourth-order valence-corrected chi connectivity index (χ4v) is 3.35. The topological polar surface area (TPSA) is 108 Å². The first-order chi connectivity index (χ1) is 10.8. The van der Waals surface area contributed by atoms with Crippen LogP contribution in [0.4, 0.5) is 4.79 Å². The summed E-state index contributed by atoms with van der Waals surface area (Å²) in [6.07, 6.45) is 1.19. The van der Waals surface area contributed by atoms with Crippen molar-refractivity contribution in [2.45, 2.75) is 6.92 Å². The number of esters is 1. The number of urea groups is 1. The molecule has 0 spiro atoms. The lowest BCUT2D eigenvalue weighted by Crippen LogP contribution is -2.51. The van der Waals surface area contributed by atoms with Gasteiger partial charge >= 0.3 is 12.0 Å². The van der Waals surface area contributed by atoms with E-state index >= 15 is 0 Å². The van der Waals surface area contributed by atoms with Crippen LogP contribution in [0.25, 0.3) is 0 Å². The van der Waals surface area contributed by atoms with Crippen molar-refractivity contribution in [1.29, 1.82) is 0 Å². The van der Waals surface area contributed by atoms with Crippen molar-refractivity contribution >= 4 is 22.0 Å². The molecule has 2 amide bonds. The lowest BCUT2D eigenvalue weighted by atomic mass is 10.1. The van der Waals surface area contributed by atoms with Crippen LogP contribution in [0.15, 0.2) is 11.3 Å². The monoisotopic (exact) mass is 346 g/mol. The summed E-state index contributed by atoms with van der Waals surface area (Å²) in [4.78, 5) is 25.5. The van der Waals surface area contributed by atoms with Gasteiger partial charge in [-0.3, -0.25) is 4.90 Å². The molecule has 2 aliphatic rings. The second-order valence-electron chi connectivity index (χ2n) is 5.42. The number of carbonyl (C=O) groups excluding carboxylic acids is 2. The summed E-state index contributed by atoms with van der Waals surface area (Å²) in [6.45, 7) is 4.35. The van der Waals surface area contributed by atoms with E-state index in [4.69, 9.17) is 4.74 Å². The number of amides is 2. The Labute approximate surface area is 135 Å². The van der Waals surface area contributed by atoms with Crippen LogP contribution in [0.2, 0.25) is 0 Å². The molecular formula is C13H22N4O5S. The summed E-state index contributed by atoms with van der Waals surface area (Å²) in [5.41, 5.74) is 0.914. The fraction of sp³-hybridized carbons (Fsp3) is 0.692. The molecule has 2 N–H and O–H groups in total. The van der Waals surface area contributed by atoms with E-state index < -0.39 is 16.0 Å². The van der Waals surface area contributed by atoms with Crippen molar-refractivity contribution in [3.63, 3.8) is 0 Å². The number of hydrogen-bond acceptors (Lipinski definition) is 6. The zero-order valence-electron chi connectivity index (χ0n) is 13.3. The molecule has 0 aliphatic carbocycles. The highest BCUT2D eigenvalue weighted by molar-refractivity contribution is 7.88. The number of rotatable bonds is 5. The van der Waals surface area contributed by atoms with Gasteiger partial charge in [0.1, 0.15) is 0 Å². The minimum Gasteiger partial charge on any atom is -0.463 e. The standard InChI is InChI=1S/C13H22N4O5S/c1-3-22-12(18)10-8-14-13(19)15-11(10)9-16-4-6-17(7-5-16)23(2,20)21/h3-9H2,1-2H3,(H2,14,15,19). The molecule has 0 atom stereocenters. The van der Waals surface area contributed by atoms with Gasteiger partial charge in [-0.25, -0.2) is 18.0 Å². The smallest absolute Gasteiger partial charge is 0.337 e. The van der Waals surface area contributed by atoms with E-state index in [1.54, 1.807) is 6.92 Å². The van der Waals surface area contributed by atoms with Gasteiger partial charge in [-0.1, -0.05) is 0 Å². The Bertz CT molecular complexity index is 608. The predicted octanol–water partition coefficient (Wildman–Crippen LogP) is -1.31. The Balaban J connectivity index is 2.04. The third kappa shape index (κ3) is 4.66. The van der Waals surface area contributed by atoms with Gasteiger partial charge in [-0.2, -0.15) is 4.31 Å². The van der Waals surface area contributed by atoms with E-state index in [0.717, 1.165) is 0 Å². The normalized spacial score (nSPS) is 20.9. The molecular weight excluding hydrogens is 324 g/mol. The van der Waals surface area contributed by atoms with Gasteiger partial charge in [-0.05, 0) is 6.92 Å². The van der Waals surface area contributed by atoms with Gasteiger partial charge in [0.2, 0.25) is 10.0 Å². The number of hydrogen-bond donors (Lipinski definition) is 2. The average molecular weight is 346 g/mol. The summed E-state index contributed by atoms with van der Waals surface area (Å²) < 4.78 is 29.4. The van der Waals surface area contributed by atoms with E-state index in [1.165, 1.54) is 10.6 Å². The van der Waals surface area contributed by atoms with Crippen LogP contribution in [0.5, 0.6) is 0 Å². The van der Waals surface area contributed by atoms with Crippen molar-refractivity contribution in [1.82, 2.24) is 19.8 Å². The van der Waals surface area contributed by atoms with E-state index in [9.17, 15) is 18.0 Å². The molecule has 2 heterocycles. The summed E-state index contributed by atoms with van der Waals surface area (Å²) in [5.74, 6) is -0.454. The number of nitrogens with zero attached hydrogens (tertiary/aromatic N) is 2. The van der Waals surface area contributed by atoms with Gasteiger partial charge in [-0.15, -0.1) is 0 Å². The van der Waals surface area contributed by atoms with Crippen molar-refractivity contribution in [3.8, 4) is 0 Å². The fourth-order valence-electron chi connectivity index (χ4n) is 2.52. The first kappa shape index (κ1) is 17.7. The molecule has 1 saturated heterocycles. The van der Waals surface area contributed by atoms with Crippen LogP contribution < -0.4 is 10.6 Å². The SMILES string of the molecule is CCOC(=O)C1=C(CN2CCN(S(C)(=O)=O)CC2)NC(=O)NC1. The van der Waals surface area contributed by atoms with Crippen LogP contribution in [-0.4, -0.2) is 81.8 Å². The van der Waals surface area contributed by atoms with Crippen LogP contribution in [-0.2, 0) is 19.6 Å². The molecule has 1 fully saturated rings. The molecule has 0 unspecified atom stereocenters. The zero-order valence-corrected chi connectivity index (χ0v) is 14.1. The lowest BCUT2D eigenvalue weighted by Gasteiger charge is -2.34. The van der Waals surface area contributed by atoms with Crippen molar-refractivity contribution in [3.05, 3.63) is 11.3 Å². The number of ether oxygens (including phenoxy) is 1. The van der Waals surface area contributed by atoms with Crippen molar-refractivity contribution in [2.75, 3.05) is 52.1 Å². The Morgan fingerprint density at radius 1 is 1.26 bits per heavy atom. The van der Waals surface area contributed by atoms with Gasteiger partial charge in [0.25, 0.3) is 0 Å². The molecule has 10 heteroatoms. The van der Waals surface area contributed by atoms with Crippen molar-refractivity contribution < 1.29 is 22.7 Å². The number of sulfonamides is 1. The first-order valence-corrected chi connectivity index (χ1v) is 9.27. The molecule has 0 aromatic heterocycles. The van der Waals surface area contributed by atoms with Crippen LogP contribution in [0, 0.1) is 0 Å². The van der Waals surface area contributed by atoms with Gasteiger partial charge in [0.15, 0.2) is 0 Å². The van der Waals surface area contributed by atoms with Crippen molar-refractivity contribution in [2.24, 2.45) is 0 Å². The lowest BCUT2D eigenvalue weighted by molar-refractivity contribution is -0.138. The highest BCUT2D eigenvalue weighted by Crippen LogP contribution is 2.12. The maximum absolute atomic E-state index is 12.0. The van der Waals surface area contributed by atoms with Crippen LogP contribution in [0.3, 0.4) is 0 Å². The zero-order chi connectivity index (χ0) is 17.0. The molecule has 0 aromatic rings. The summed E-state index contributed by atoms with van der Waals surface area (Å²) >= 11 is 0. The minimum atomic E-state index is -3.18. The summed E-state index contributed by atoms with van der Waals surface area (Å²) in [5, 5.41) is 5.20. The van der Waals surface area contributed by atoms with Crippen LogP contribution in [0.1, 0.15) is 6.92 Å². The summed E-state index contributed by atoms with van der Waals surface area (Å²) in [6, 6.07) is -0.358. The molecule has 9 nitrogen and oxygen atoms in total. The second kappa shape index (κ2) is 7.28. The van der Waals surface area contributed by atoms with E-state index in [1.807, 2.05) is 4.90 Å². The molecule has 2 rings (SSSR count). The molecule has 0 radical (unpaired) electrons. The Kier molecular flexibility index (Phi) is 5.60. The van der Waals surface area contributed by atoms with E-state index in [0.29, 0.717) is 44.0 Å². The van der Waals surface area contributed by atoms with Gasteiger partial charge in [0.05, 0.1) is 25.0 Å². The Hall–Kier alpha value is -1.65. The summed E-state index contributed by atoms with van der Waals surface area (Å²) in [7, 11) is -3.18. The highest BCUT2D eigenvalue weighted by Gasteiger charge is 2.28. The van der Waals surface area contributed by atoms with Gasteiger partial charge in [0, 0.05) is 38.4 Å². The Morgan fingerprint density at radius 3 is 2.48 bits per heavy atom. The molecule has 2 aliphatic heterocycles. The van der Waals surface area contributed by atoms with E-state index in [-0.39, 0.29) is 19.2 Å². The van der Waals surface area contributed by atoms with Gasteiger partial charge < -0.3 is 15.4 Å². The number of nitrogens with one attached hydrogen (secondary N) is 2. The first-order valence-electron chi connectivity index (χ1n) is 7.42. The number of carbonyl (C=O) groups is 2. The third-order valence-electron chi connectivity index (χ3n) is 3.76. The maximum Gasteiger partial charge on any atom is 0.337 e.